The van der Waals surface area contributed by atoms with Crippen LogP contribution in [0.25, 0.3) is 6.08 Å². The third-order valence-corrected chi connectivity index (χ3v) is 3.01. The second kappa shape index (κ2) is 6.13. The van der Waals surface area contributed by atoms with Gasteiger partial charge in [-0.3, -0.25) is 14.9 Å². The summed E-state index contributed by atoms with van der Waals surface area (Å²) >= 11 is 0. The number of nitro benzene ring substituents is 1. The van der Waals surface area contributed by atoms with Crippen molar-refractivity contribution in [3.05, 3.63) is 57.5 Å². The lowest BCUT2D eigenvalue weighted by molar-refractivity contribution is -0.386. The highest BCUT2D eigenvalue weighted by Gasteiger charge is 2.19. The van der Waals surface area contributed by atoms with Crippen LogP contribution in [0.1, 0.15) is 21.7 Å². The van der Waals surface area contributed by atoms with Gasteiger partial charge in [0.25, 0.3) is 0 Å². The van der Waals surface area contributed by atoms with Gasteiger partial charge in [0.1, 0.15) is 0 Å². The highest BCUT2D eigenvalue weighted by atomic mass is 16.6. The molecule has 0 aliphatic rings. The van der Waals surface area contributed by atoms with Gasteiger partial charge in [0.05, 0.1) is 18.3 Å². The minimum atomic E-state index is -0.728. The number of carbonyl (C=O) groups excluding carboxylic acids is 1. The molecule has 22 heavy (non-hydrogen) atoms. The molecule has 114 valence electrons. The van der Waals surface area contributed by atoms with Crippen molar-refractivity contribution < 1.29 is 24.0 Å². The average molecular weight is 303 g/mol. The number of phenols is 1. The van der Waals surface area contributed by atoms with E-state index < -0.39 is 16.4 Å². The Balaban J connectivity index is 2.35. The van der Waals surface area contributed by atoms with E-state index in [0.29, 0.717) is 11.1 Å². The summed E-state index contributed by atoms with van der Waals surface area (Å²) in [6, 6.07) is 4.20. The number of benzene rings is 1. The quantitative estimate of drug-likeness (QED) is 0.394. The zero-order valence-electron chi connectivity index (χ0n) is 11.9. The van der Waals surface area contributed by atoms with Gasteiger partial charge in [0, 0.05) is 6.07 Å². The van der Waals surface area contributed by atoms with Crippen molar-refractivity contribution in [2.45, 2.75) is 6.92 Å². The second-order valence-electron chi connectivity index (χ2n) is 4.48. The lowest BCUT2D eigenvalue weighted by atomic mass is 10.1. The predicted octanol–water partition coefficient (Wildman–Crippen LogP) is 3.11. The summed E-state index contributed by atoms with van der Waals surface area (Å²) in [6.07, 6.45) is 4.03. The molecule has 0 unspecified atom stereocenters. The van der Waals surface area contributed by atoms with Crippen molar-refractivity contribution in [1.29, 1.82) is 0 Å². The third-order valence-electron chi connectivity index (χ3n) is 3.01. The van der Waals surface area contributed by atoms with Crippen molar-refractivity contribution in [2.75, 3.05) is 7.11 Å². The van der Waals surface area contributed by atoms with Crippen molar-refractivity contribution in [1.82, 2.24) is 0 Å². The van der Waals surface area contributed by atoms with Crippen LogP contribution in [0.4, 0.5) is 5.69 Å². The standard InChI is InChI=1S/C15H13NO6/c1-9-5-6-22-15(9)12(17)4-3-10-7-11(16(19)20)14(18)13(8-10)21-2/h3-8,18H,1-2H3/b4-3+. The van der Waals surface area contributed by atoms with Gasteiger partial charge >= 0.3 is 5.69 Å². The number of furan rings is 1. The molecule has 7 heteroatoms. The van der Waals surface area contributed by atoms with Crippen LogP contribution in [0.3, 0.4) is 0 Å². The minimum Gasteiger partial charge on any atom is -0.500 e. The number of phenolic OH excluding ortho intramolecular Hbond substituents is 1. The van der Waals surface area contributed by atoms with E-state index in [2.05, 4.69) is 0 Å². The summed E-state index contributed by atoms with van der Waals surface area (Å²) in [7, 11) is 1.28. The number of nitrogens with zero attached hydrogens (tertiary/aromatic N) is 1. The molecule has 1 aromatic heterocycles. The van der Waals surface area contributed by atoms with Gasteiger partial charge in [0.2, 0.25) is 11.5 Å². The summed E-state index contributed by atoms with van der Waals surface area (Å²) in [5.74, 6) is -0.762. The molecule has 0 amide bonds. The number of ketones is 1. The fraction of sp³-hybridized carbons (Fsp3) is 0.133. The van der Waals surface area contributed by atoms with E-state index in [-0.39, 0.29) is 17.3 Å². The largest absolute Gasteiger partial charge is 0.500 e. The first-order chi connectivity index (χ1) is 10.4. The van der Waals surface area contributed by atoms with Gasteiger partial charge in [-0.15, -0.1) is 0 Å². The molecule has 2 aromatic rings. The third kappa shape index (κ3) is 2.98. The maximum absolute atomic E-state index is 11.9. The number of methoxy groups -OCH3 is 1. The van der Waals surface area contributed by atoms with E-state index in [1.165, 1.54) is 31.6 Å². The topological polar surface area (TPSA) is 103 Å². The average Bonchev–Trinajstić information content (AvgIpc) is 2.91. The Morgan fingerprint density at radius 3 is 2.73 bits per heavy atom. The number of carbonyl (C=O) groups is 1. The lowest BCUT2D eigenvalue weighted by Gasteiger charge is -2.05. The first-order valence-corrected chi connectivity index (χ1v) is 6.26. The molecule has 0 spiro atoms. The fourth-order valence-electron chi connectivity index (χ4n) is 1.88. The molecule has 7 nitrogen and oxygen atoms in total. The zero-order valence-corrected chi connectivity index (χ0v) is 11.9. The van der Waals surface area contributed by atoms with Crippen molar-refractivity contribution in [3.63, 3.8) is 0 Å². The van der Waals surface area contributed by atoms with Gasteiger partial charge in [-0.25, -0.2) is 0 Å². The van der Waals surface area contributed by atoms with E-state index in [1.54, 1.807) is 13.0 Å². The smallest absolute Gasteiger partial charge is 0.315 e. The first-order valence-electron chi connectivity index (χ1n) is 6.26. The Morgan fingerprint density at radius 2 is 2.18 bits per heavy atom. The van der Waals surface area contributed by atoms with Gasteiger partial charge in [-0.05, 0) is 36.3 Å². The number of rotatable bonds is 5. The number of ether oxygens (including phenoxy) is 1. The molecule has 0 radical (unpaired) electrons. The Labute approximate surface area is 125 Å². The summed E-state index contributed by atoms with van der Waals surface area (Å²) in [5, 5.41) is 20.6. The van der Waals surface area contributed by atoms with Gasteiger partial charge in [-0.1, -0.05) is 6.08 Å². The Bertz CT molecular complexity index is 759. The van der Waals surface area contributed by atoms with Crippen LogP contribution < -0.4 is 4.74 Å². The summed E-state index contributed by atoms with van der Waals surface area (Å²) in [4.78, 5) is 22.1. The molecule has 0 saturated heterocycles. The Hall–Kier alpha value is -3.09. The van der Waals surface area contributed by atoms with Gasteiger partial charge < -0.3 is 14.3 Å². The molecule has 1 N–H and O–H groups in total. The number of hydrogen-bond acceptors (Lipinski definition) is 6. The number of nitro groups is 1. The van der Waals surface area contributed by atoms with Gasteiger partial charge in [-0.2, -0.15) is 0 Å². The number of allylic oxidation sites excluding steroid dienone is 1. The van der Waals surface area contributed by atoms with Crippen LogP contribution in [0.2, 0.25) is 0 Å². The number of aryl methyl sites for hydroxylation is 1. The van der Waals surface area contributed by atoms with Crippen LogP contribution in [-0.2, 0) is 0 Å². The lowest BCUT2D eigenvalue weighted by Crippen LogP contribution is -1.95. The maximum atomic E-state index is 11.9. The molecule has 2 rings (SSSR count). The molecule has 0 atom stereocenters. The van der Waals surface area contributed by atoms with Crippen LogP contribution in [0.5, 0.6) is 11.5 Å². The zero-order chi connectivity index (χ0) is 16.3. The predicted molar refractivity (Wildman–Crippen MR) is 78.1 cm³/mol. The molecule has 0 aliphatic heterocycles. The monoisotopic (exact) mass is 303 g/mol. The first kappa shape index (κ1) is 15.3. The van der Waals surface area contributed by atoms with Crippen molar-refractivity contribution >= 4 is 17.5 Å². The Kier molecular flexibility index (Phi) is 4.26. The minimum absolute atomic E-state index is 0.0459. The van der Waals surface area contributed by atoms with Crippen LogP contribution in [0, 0.1) is 17.0 Å². The second-order valence-corrected chi connectivity index (χ2v) is 4.48. The molecule has 1 heterocycles. The summed E-state index contributed by atoms with van der Waals surface area (Å²) in [5.41, 5.74) is 0.545. The molecular formula is C15H13NO6. The van der Waals surface area contributed by atoms with E-state index in [0.717, 1.165) is 6.07 Å². The summed E-state index contributed by atoms with van der Waals surface area (Å²) < 4.78 is 9.95. The Morgan fingerprint density at radius 1 is 1.45 bits per heavy atom. The van der Waals surface area contributed by atoms with Crippen LogP contribution >= 0.6 is 0 Å². The van der Waals surface area contributed by atoms with E-state index in [9.17, 15) is 20.0 Å². The highest BCUT2D eigenvalue weighted by molar-refractivity contribution is 6.05. The molecule has 0 aliphatic carbocycles. The van der Waals surface area contributed by atoms with Crippen molar-refractivity contribution in [3.8, 4) is 11.5 Å². The number of hydrogen-bond donors (Lipinski definition) is 1. The van der Waals surface area contributed by atoms with Crippen molar-refractivity contribution in [2.24, 2.45) is 0 Å². The van der Waals surface area contributed by atoms with E-state index in [1.807, 2.05) is 0 Å². The normalized spacial score (nSPS) is 10.8. The van der Waals surface area contributed by atoms with Crippen LogP contribution in [0.15, 0.2) is 35.0 Å². The SMILES string of the molecule is COc1cc(/C=C/C(=O)c2occc2C)cc([N+](=O)[O-])c1O. The molecule has 0 fully saturated rings. The fourth-order valence-corrected chi connectivity index (χ4v) is 1.88. The van der Waals surface area contributed by atoms with E-state index in [4.69, 9.17) is 9.15 Å². The molecule has 0 bridgehead atoms. The summed E-state index contributed by atoms with van der Waals surface area (Å²) in [6.45, 7) is 1.74. The van der Waals surface area contributed by atoms with Gasteiger partial charge in [0.15, 0.2) is 11.5 Å². The van der Waals surface area contributed by atoms with Crippen LogP contribution in [-0.4, -0.2) is 22.9 Å². The maximum Gasteiger partial charge on any atom is 0.315 e. The van der Waals surface area contributed by atoms with E-state index >= 15 is 0 Å². The highest BCUT2D eigenvalue weighted by Crippen LogP contribution is 2.37. The molecule has 1 aromatic carbocycles. The molecule has 0 saturated carbocycles. The number of aromatic hydroxyl groups is 1. The molecular weight excluding hydrogens is 290 g/mol.